The summed E-state index contributed by atoms with van der Waals surface area (Å²) in [5.74, 6) is 0.786. The Morgan fingerprint density at radius 3 is 2.93 bits per heavy atom. The van der Waals surface area contributed by atoms with Crippen LogP contribution < -0.4 is 4.74 Å². The summed E-state index contributed by atoms with van der Waals surface area (Å²) in [6, 6.07) is 4.02. The van der Waals surface area contributed by atoms with E-state index in [1.54, 1.807) is 30.2 Å². The van der Waals surface area contributed by atoms with Gasteiger partial charge in [-0.3, -0.25) is 0 Å². The molecule has 0 aliphatic heterocycles. The number of thioether (sulfide) groups is 1. The van der Waals surface area contributed by atoms with Crippen molar-refractivity contribution in [1.82, 2.24) is 0 Å². The quantitative estimate of drug-likeness (QED) is 0.729. The molecule has 2 rings (SSSR count). The van der Waals surface area contributed by atoms with Gasteiger partial charge in [-0.2, -0.15) is 0 Å². The minimum absolute atomic E-state index is 0.683. The van der Waals surface area contributed by atoms with Crippen LogP contribution in [0.2, 0.25) is 5.02 Å². The normalized spacial score (nSPS) is 10.8. The van der Waals surface area contributed by atoms with E-state index in [2.05, 4.69) is 11.4 Å². The first kappa shape index (κ1) is 10.1. The van der Waals surface area contributed by atoms with Crippen molar-refractivity contribution in [3.05, 3.63) is 22.5 Å². The van der Waals surface area contributed by atoms with Crippen LogP contribution in [0.25, 0.3) is 10.1 Å². The number of rotatable bonds is 2. The smallest absolute Gasteiger partial charge is 0.152 e. The molecule has 14 heavy (non-hydrogen) atoms. The summed E-state index contributed by atoms with van der Waals surface area (Å²) in [5.41, 5.74) is 0. The Morgan fingerprint density at radius 2 is 2.29 bits per heavy atom. The van der Waals surface area contributed by atoms with E-state index >= 15 is 0 Å². The first-order chi connectivity index (χ1) is 6.77. The maximum Gasteiger partial charge on any atom is 0.152 e. The predicted molar refractivity (Wildman–Crippen MR) is 65.2 cm³/mol. The van der Waals surface area contributed by atoms with Crippen LogP contribution in [-0.4, -0.2) is 13.4 Å². The van der Waals surface area contributed by atoms with Crippen molar-refractivity contribution in [3.8, 4) is 5.75 Å². The molecule has 0 aliphatic rings. The Bertz CT molecular complexity index is 464. The lowest BCUT2D eigenvalue weighted by molar-refractivity contribution is 0.406. The molecule has 4 heteroatoms. The Morgan fingerprint density at radius 1 is 1.50 bits per heavy atom. The first-order valence-electron chi connectivity index (χ1n) is 4.05. The Balaban J connectivity index is 2.82. The zero-order valence-electron chi connectivity index (χ0n) is 7.83. The zero-order chi connectivity index (χ0) is 10.1. The summed E-state index contributed by atoms with van der Waals surface area (Å²) < 4.78 is 6.55. The van der Waals surface area contributed by atoms with Gasteiger partial charge >= 0.3 is 0 Å². The highest BCUT2D eigenvalue weighted by atomic mass is 35.5. The second-order valence-electron chi connectivity index (χ2n) is 2.76. The highest BCUT2D eigenvalue weighted by molar-refractivity contribution is 7.99. The van der Waals surface area contributed by atoms with Crippen molar-refractivity contribution in [2.24, 2.45) is 0 Å². The van der Waals surface area contributed by atoms with Crippen LogP contribution in [0.15, 0.2) is 22.4 Å². The third-order valence-corrected chi connectivity index (χ3v) is 4.17. The lowest BCUT2D eigenvalue weighted by Crippen LogP contribution is -1.87. The van der Waals surface area contributed by atoms with Crippen LogP contribution in [0.4, 0.5) is 0 Å². The number of halogens is 1. The number of benzene rings is 1. The number of hydrogen-bond donors (Lipinski definition) is 0. The Labute approximate surface area is 96.0 Å². The summed E-state index contributed by atoms with van der Waals surface area (Å²) in [7, 11) is 1.65. The maximum absolute atomic E-state index is 6.11. The minimum Gasteiger partial charge on any atom is -0.494 e. The monoisotopic (exact) mass is 244 g/mol. The van der Waals surface area contributed by atoms with Gasteiger partial charge in [-0.05, 0) is 29.2 Å². The number of methoxy groups -OCH3 is 1. The summed E-state index contributed by atoms with van der Waals surface area (Å²) in [6.45, 7) is 0. The summed E-state index contributed by atoms with van der Waals surface area (Å²) >= 11 is 9.50. The van der Waals surface area contributed by atoms with Crippen LogP contribution >= 0.6 is 34.7 Å². The van der Waals surface area contributed by atoms with Gasteiger partial charge in [0, 0.05) is 0 Å². The average Bonchev–Trinajstić information content (AvgIpc) is 2.62. The Kier molecular flexibility index (Phi) is 2.91. The van der Waals surface area contributed by atoms with E-state index in [0.29, 0.717) is 5.02 Å². The second-order valence-corrected chi connectivity index (χ2v) is 4.90. The topological polar surface area (TPSA) is 9.23 Å². The molecule has 0 N–H and O–H groups in total. The van der Waals surface area contributed by atoms with Crippen LogP contribution in [0, 0.1) is 0 Å². The molecule has 0 unspecified atom stereocenters. The van der Waals surface area contributed by atoms with Gasteiger partial charge in [-0.25, -0.2) is 0 Å². The van der Waals surface area contributed by atoms with E-state index in [4.69, 9.17) is 16.3 Å². The van der Waals surface area contributed by atoms with Crippen LogP contribution in [0.3, 0.4) is 0 Å². The van der Waals surface area contributed by atoms with Gasteiger partial charge < -0.3 is 4.74 Å². The minimum atomic E-state index is 0.683. The second kappa shape index (κ2) is 4.01. The summed E-state index contributed by atoms with van der Waals surface area (Å²) in [5, 5.41) is 3.94. The van der Waals surface area contributed by atoms with E-state index in [9.17, 15) is 0 Å². The standard InChI is InChI=1S/C10H9ClOS2/c1-12-8-7(11)5-6-3-4-14-9(6)10(8)13-2/h3-5H,1-2H3. The largest absolute Gasteiger partial charge is 0.494 e. The highest BCUT2D eigenvalue weighted by Crippen LogP contribution is 2.42. The van der Waals surface area contributed by atoms with Gasteiger partial charge in [0.2, 0.25) is 0 Å². The molecule has 0 aliphatic carbocycles. The van der Waals surface area contributed by atoms with Crippen LogP contribution in [-0.2, 0) is 0 Å². The molecule has 0 radical (unpaired) electrons. The van der Waals surface area contributed by atoms with Gasteiger partial charge in [-0.15, -0.1) is 23.1 Å². The lowest BCUT2D eigenvalue weighted by Gasteiger charge is -2.09. The molecule has 0 amide bonds. The van der Waals surface area contributed by atoms with Crippen molar-refractivity contribution >= 4 is 44.8 Å². The SMILES string of the molecule is COc1c(Cl)cc2ccsc2c1SC. The zero-order valence-corrected chi connectivity index (χ0v) is 10.2. The number of hydrogen-bond acceptors (Lipinski definition) is 3. The molecular weight excluding hydrogens is 236 g/mol. The molecule has 0 saturated heterocycles. The van der Waals surface area contributed by atoms with Gasteiger partial charge in [0.15, 0.2) is 5.75 Å². The molecule has 2 aromatic rings. The van der Waals surface area contributed by atoms with E-state index in [-0.39, 0.29) is 0 Å². The molecule has 0 fully saturated rings. The molecule has 0 bridgehead atoms. The summed E-state index contributed by atoms with van der Waals surface area (Å²) in [6.07, 6.45) is 2.04. The molecule has 0 saturated carbocycles. The van der Waals surface area contributed by atoms with E-state index in [1.165, 1.54) is 10.1 Å². The van der Waals surface area contributed by atoms with Crippen LogP contribution in [0.1, 0.15) is 0 Å². The van der Waals surface area contributed by atoms with Gasteiger partial charge in [0.1, 0.15) is 0 Å². The predicted octanol–water partition coefficient (Wildman–Crippen LogP) is 4.29. The van der Waals surface area contributed by atoms with Crippen molar-refractivity contribution < 1.29 is 4.74 Å². The van der Waals surface area contributed by atoms with E-state index in [0.717, 1.165) is 10.6 Å². The molecule has 1 aromatic carbocycles. The highest BCUT2D eigenvalue weighted by Gasteiger charge is 2.12. The molecule has 0 spiro atoms. The number of thiophene rings is 1. The lowest BCUT2D eigenvalue weighted by atomic mass is 10.2. The van der Waals surface area contributed by atoms with Crippen molar-refractivity contribution in [2.45, 2.75) is 4.90 Å². The van der Waals surface area contributed by atoms with Gasteiger partial charge in [0.05, 0.1) is 21.7 Å². The maximum atomic E-state index is 6.11. The third kappa shape index (κ3) is 1.49. The fraction of sp³-hybridized carbons (Fsp3) is 0.200. The molecular formula is C10H9ClOS2. The molecule has 1 nitrogen and oxygen atoms in total. The number of fused-ring (bicyclic) bond motifs is 1. The molecule has 1 aromatic heterocycles. The molecule has 74 valence electrons. The van der Waals surface area contributed by atoms with Gasteiger partial charge in [-0.1, -0.05) is 11.6 Å². The fourth-order valence-electron chi connectivity index (χ4n) is 1.41. The first-order valence-corrected chi connectivity index (χ1v) is 6.54. The van der Waals surface area contributed by atoms with E-state index < -0.39 is 0 Å². The van der Waals surface area contributed by atoms with Crippen LogP contribution in [0.5, 0.6) is 5.75 Å². The molecule has 1 heterocycles. The fourth-order valence-corrected chi connectivity index (χ4v) is 3.64. The Hall–Kier alpha value is -0.380. The van der Waals surface area contributed by atoms with Crippen molar-refractivity contribution in [2.75, 3.05) is 13.4 Å². The van der Waals surface area contributed by atoms with Crippen molar-refractivity contribution in [3.63, 3.8) is 0 Å². The number of ether oxygens (including phenoxy) is 1. The average molecular weight is 245 g/mol. The third-order valence-electron chi connectivity index (χ3n) is 2.02. The van der Waals surface area contributed by atoms with E-state index in [1.807, 2.05) is 12.3 Å². The van der Waals surface area contributed by atoms with Gasteiger partial charge in [0.25, 0.3) is 0 Å². The summed E-state index contributed by atoms with van der Waals surface area (Å²) in [4.78, 5) is 1.13. The molecule has 0 atom stereocenters. The van der Waals surface area contributed by atoms with Crippen molar-refractivity contribution in [1.29, 1.82) is 0 Å².